The molecule has 2 aliphatic rings. The monoisotopic (exact) mass is 336 g/mol. The summed E-state index contributed by atoms with van der Waals surface area (Å²) in [5.41, 5.74) is 3.85. The third-order valence-corrected chi connectivity index (χ3v) is 6.54. The maximum atomic E-state index is 5.54. The van der Waals surface area contributed by atoms with Crippen molar-refractivity contribution in [2.75, 3.05) is 7.11 Å². The Balaban J connectivity index is 2.14. The summed E-state index contributed by atoms with van der Waals surface area (Å²) in [7, 11) is 1.76. The first-order valence-corrected chi connectivity index (χ1v) is 8.55. The Hall–Kier alpha value is -0.500. The van der Waals surface area contributed by atoms with E-state index in [9.17, 15) is 0 Å². The summed E-state index contributed by atoms with van der Waals surface area (Å²) in [4.78, 5) is 0. The van der Waals surface area contributed by atoms with E-state index in [0.717, 1.165) is 16.1 Å². The highest BCUT2D eigenvalue weighted by Crippen LogP contribution is 2.57. The second-order valence-electron chi connectivity index (χ2n) is 7.49. The van der Waals surface area contributed by atoms with Gasteiger partial charge >= 0.3 is 0 Å². The fraction of sp³-hybridized carbons (Fsp3) is 0.667. The molecular formula is C18H25BrO. The Bertz CT molecular complexity index is 534. The molecule has 0 N–H and O–H groups in total. The molecule has 1 aromatic carbocycles. The van der Waals surface area contributed by atoms with Crippen LogP contribution in [0.15, 0.2) is 16.6 Å². The molecular weight excluding hydrogens is 312 g/mol. The Labute approximate surface area is 131 Å². The number of aryl methyl sites for hydroxylation is 1. The summed E-state index contributed by atoms with van der Waals surface area (Å²) in [5.74, 6) is 1.77. The highest BCUT2D eigenvalue weighted by Gasteiger charge is 2.49. The van der Waals surface area contributed by atoms with Gasteiger partial charge in [-0.05, 0) is 81.6 Å². The zero-order valence-corrected chi connectivity index (χ0v) is 14.6. The van der Waals surface area contributed by atoms with E-state index in [1.54, 1.807) is 12.7 Å². The number of benzene rings is 1. The van der Waals surface area contributed by atoms with E-state index in [2.05, 4.69) is 48.8 Å². The van der Waals surface area contributed by atoms with Gasteiger partial charge in [-0.1, -0.05) is 27.2 Å². The highest BCUT2D eigenvalue weighted by molar-refractivity contribution is 9.10. The largest absolute Gasteiger partial charge is 0.496 e. The number of methoxy groups -OCH3 is 1. The third kappa shape index (κ3) is 2.03. The molecule has 2 aliphatic carbocycles. The van der Waals surface area contributed by atoms with Crippen molar-refractivity contribution in [2.24, 2.45) is 11.3 Å². The van der Waals surface area contributed by atoms with Crippen molar-refractivity contribution >= 4 is 15.9 Å². The lowest BCUT2D eigenvalue weighted by Crippen LogP contribution is -2.47. The predicted octanol–water partition coefficient (Wildman–Crippen LogP) is 5.49. The van der Waals surface area contributed by atoms with Crippen molar-refractivity contribution in [3.63, 3.8) is 0 Å². The number of hydrogen-bond donors (Lipinski definition) is 0. The smallest absolute Gasteiger partial charge is 0.133 e. The molecule has 0 spiro atoms. The minimum absolute atomic E-state index is 0.323. The van der Waals surface area contributed by atoms with Crippen LogP contribution in [0.3, 0.4) is 0 Å². The number of ether oxygens (including phenoxy) is 1. The van der Waals surface area contributed by atoms with Gasteiger partial charge in [-0.25, -0.2) is 0 Å². The Morgan fingerprint density at radius 1 is 1.20 bits per heavy atom. The molecule has 2 unspecified atom stereocenters. The predicted molar refractivity (Wildman–Crippen MR) is 87.5 cm³/mol. The molecule has 1 aromatic rings. The number of halogens is 1. The normalized spacial score (nSPS) is 31.4. The van der Waals surface area contributed by atoms with Gasteiger partial charge in [-0.15, -0.1) is 0 Å². The van der Waals surface area contributed by atoms with Crippen LogP contribution in [0.4, 0.5) is 0 Å². The lowest BCUT2D eigenvalue weighted by molar-refractivity contribution is 0.0405. The van der Waals surface area contributed by atoms with Crippen LogP contribution in [0.2, 0.25) is 0 Å². The molecule has 0 bridgehead atoms. The molecule has 0 aliphatic heterocycles. The highest BCUT2D eigenvalue weighted by atomic mass is 79.9. The van der Waals surface area contributed by atoms with Crippen LogP contribution in [0.1, 0.15) is 57.6 Å². The van der Waals surface area contributed by atoms with E-state index >= 15 is 0 Å². The van der Waals surface area contributed by atoms with Crippen molar-refractivity contribution in [3.8, 4) is 5.75 Å². The maximum absolute atomic E-state index is 5.54. The Kier molecular flexibility index (Phi) is 3.44. The summed E-state index contributed by atoms with van der Waals surface area (Å²) in [6.45, 7) is 7.43. The Morgan fingerprint density at radius 3 is 2.65 bits per heavy atom. The van der Waals surface area contributed by atoms with Crippen molar-refractivity contribution in [1.29, 1.82) is 0 Å². The summed E-state index contributed by atoms with van der Waals surface area (Å²) >= 11 is 3.64. The average Bonchev–Trinajstić information content (AvgIpc) is 2.37. The van der Waals surface area contributed by atoms with Crippen molar-refractivity contribution in [2.45, 2.75) is 58.3 Å². The molecule has 0 heterocycles. The van der Waals surface area contributed by atoms with Gasteiger partial charge in [0.05, 0.1) is 11.6 Å². The van der Waals surface area contributed by atoms with Gasteiger partial charge in [0.25, 0.3) is 0 Å². The van der Waals surface area contributed by atoms with Gasteiger partial charge in [0, 0.05) is 0 Å². The molecule has 0 radical (unpaired) electrons. The molecule has 1 fully saturated rings. The molecule has 20 heavy (non-hydrogen) atoms. The molecule has 2 atom stereocenters. The topological polar surface area (TPSA) is 9.23 Å². The average molecular weight is 337 g/mol. The quantitative estimate of drug-likeness (QED) is 0.659. The fourth-order valence-electron chi connectivity index (χ4n) is 4.94. The van der Waals surface area contributed by atoms with Crippen LogP contribution < -0.4 is 4.74 Å². The van der Waals surface area contributed by atoms with E-state index < -0.39 is 0 Å². The molecule has 3 rings (SSSR count). The summed E-state index contributed by atoms with van der Waals surface area (Å²) < 4.78 is 6.63. The fourth-order valence-corrected chi connectivity index (χ4v) is 5.50. The van der Waals surface area contributed by atoms with Crippen LogP contribution in [0.25, 0.3) is 0 Å². The second-order valence-corrected chi connectivity index (χ2v) is 8.35. The second kappa shape index (κ2) is 4.76. The SMILES string of the molecule is COc1cc2c(cc1Br)CCC1C(C)(C)CCCC21C. The van der Waals surface area contributed by atoms with Crippen molar-refractivity contribution in [3.05, 3.63) is 27.7 Å². The van der Waals surface area contributed by atoms with Crippen molar-refractivity contribution < 1.29 is 4.74 Å². The lowest BCUT2D eigenvalue weighted by Gasteiger charge is -2.54. The van der Waals surface area contributed by atoms with Gasteiger partial charge in [0.15, 0.2) is 0 Å². The van der Waals surface area contributed by atoms with Gasteiger partial charge in [-0.2, -0.15) is 0 Å². The van der Waals surface area contributed by atoms with Crippen LogP contribution in [-0.2, 0) is 11.8 Å². The molecule has 1 nitrogen and oxygen atoms in total. The summed E-state index contributed by atoms with van der Waals surface area (Å²) in [6.07, 6.45) is 6.57. The van der Waals surface area contributed by atoms with Gasteiger partial charge in [0.1, 0.15) is 5.75 Å². The van der Waals surface area contributed by atoms with E-state index in [0.29, 0.717) is 10.8 Å². The van der Waals surface area contributed by atoms with Crippen LogP contribution in [0.5, 0.6) is 5.75 Å². The van der Waals surface area contributed by atoms with E-state index in [1.807, 2.05) is 0 Å². The third-order valence-electron chi connectivity index (χ3n) is 5.92. The molecule has 0 aromatic heterocycles. The summed E-state index contributed by atoms with van der Waals surface area (Å²) in [5, 5.41) is 0. The standard InChI is InChI=1S/C18H25BrO/c1-17(2)8-5-9-18(3)13-11-15(20-4)14(19)10-12(13)6-7-16(17)18/h10-11,16H,5-9H2,1-4H3. The maximum Gasteiger partial charge on any atom is 0.133 e. The number of hydrogen-bond acceptors (Lipinski definition) is 1. The molecule has 2 heteroatoms. The minimum atomic E-state index is 0.323. The Morgan fingerprint density at radius 2 is 1.95 bits per heavy atom. The van der Waals surface area contributed by atoms with Crippen LogP contribution >= 0.6 is 15.9 Å². The number of rotatable bonds is 1. The van der Waals surface area contributed by atoms with Crippen molar-refractivity contribution in [1.82, 2.24) is 0 Å². The lowest BCUT2D eigenvalue weighted by atomic mass is 9.50. The molecule has 0 saturated heterocycles. The van der Waals surface area contributed by atoms with E-state index in [-0.39, 0.29) is 0 Å². The van der Waals surface area contributed by atoms with Gasteiger partial charge < -0.3 is 4.74 Å². The number of fused-ring (bicyclic) bond motifs is 3. The first kappa shape index (κ1) is 14.4. The van der Waals surface area contributed by atoms with Crippen LogP contribution in [-0.4, -0.2) is 7.11 Å². The van der Waals surface area contributed by atoms with Gasteiger partial charge in [-0.3, -0.25) is 0 Å². The first-order chi connectivity index (χ1) is 9.38. The van der Waals surface area contributed by atoms with E-state index in [4.69, 9.17) is 4.74 Å². The first-order valence-electron chi connectivity index (χ1n) is 7.75. The van der Waals surface area contributed by atoms with E-state index in [1.165, 1.54) is 37.7 Å². The zero-order valence-electron chi connectivity index (χ0n) is 13.1. The molecule has 110 valence electrons. The molecule has 0 amide bonds. The van der Waals surface area contributed by atoms with Gasteiger partial charge in [0.2, 0.25) is 0 Å². The summed E-state index contributed by atoms with van der Waals surface area (Å²) in [6, 6.07) is 4.59. The zero-order chi connectivity index (χ0) is 14.5. The minimum Gasteiger partial charge on any atom is -0.496 e. The molecule has 1 saturated carbocycles. The van der Waals surface area contributed by atoms with Crippen LogP contribution in [0, 0.1) is 11.3 Å².